The van der Waals surface area contributed by atoms with Gasteiger partial charge in [0.1, 0.15) is 11.6 Å². The van der Waals surface area contributed by atoms with Crippen molar-refractivity contribution in [3.63, 3.8) is 0 Å². The largest absolute Gasteiger partial charge is 0.356 e. The Balaban J connectivity index is 1.83. The van der Waals surface area contributed by atoms with Crippen LogP contribution in [-0.4, -0.2) is 28.8 Å². The third-order valence-electron chi connectivity index (χ3n) is 4.80. The molecule has 4 nitrogen and oxygen atoms in total. The lowest BCUT2D eigenvalue weighted by Crippen LogP contribution is -2.20. The zero-order valence-electron chi connectivity index (χ0n) is 14.6. The smallest absolute Gasteiger partial charge is 0.159 e. The minimum atomic E-state index is 0.0807. The third kappa shape index (κ3) is 3.00. The number of carbonyl (C=O) groups is 1. The molecule has 2 aromatic carbocycles. The molecule has 25 heavy (non-hydrogen) atoms. The van der Waals surface area contributed by atoms with Crippen LogP contribution in [-0.2, 0) is 0 Å². The number of aryl methyl sites for hydroxylation is 1. The SMILES string of the molecule is CC(=O)c1cccc(-c2ccc3c(N4CCCC4)nc(C)nc3c2)c1. The summed E-state index contributed by atoms with van der Waals surface area (Å²) >= 11 is 0. The summed E-state index contributed by atoms with van der Waals surface area (Å²) in [6.07, 6.45) is 2.45. The summed E-state index contributed by atoms with van der Waals surface area (Å²) in [7, 11) is 0. The van der Waals surface area contributed by atoms with E-state index >= 15 is 0 Å². The van der Waals surface area contributed by atoms with Crippen LogP contribution in [0, 0.1) is 6.92 Å². The molecule has 1 aromatic heterocycles. The van der Waals surface area contributed by atoms with Gasteiger partial charge in [-0.2, -0.15) is 0 Å². The first-order valence-electron chi connectivity index (χ1n) is 8.76. The lowest BCUT2D eigenvalue weighted by Gasteiger charge is -2.19. The summed E-state index contributed by atoms with van der Waals surface area (Å²) in [6, 6.07) is 14.1. The highest BCUT2D eigenvalue weighted by molar-refractivity contribution is 5.96. The molecule has 1 aliphatic heterocycles. The number of Topliss-reactive ketones (excluding diaryl/α,β-unsaturated/α-hetero) is 1. The van der Waals surface area contributed by atoms with Crippen molar-refractivity contribution in [2.75, 3.05) is 18.0 Å². The van der Waals surface area contributed by atoms with Gasteiger partial charge in [-0.3, -0.25) is 4.79 Å². The maximum atomic E-state index is 11.7. The van der Waals surface area contributed by atoms with E-state index in [9.17, 15) is 4.79 Å². The lowest BCUT2D eigenvalue weighted by molar-refractivity contribution is 0.101. The van der Waals surface area contributed by atoms with E-state index in [1.807, 2.05) is 31.2 Å². The molecule has 4 heteroatoms. The molecule has 0 amide bonds. The molecular weight excluding hydrogens is 310 g/mol. The molecule has 0 atom stereocenters. The Morgan fingerprint density at radius 2 is 1.76 bits per heavy atom. The van der Waals surface area contributed by atoms with E-state index in [2.05, 4.69) is 28.1 Å². The Bertz CT molecular complexity index is 959. The van der Waals surface area contributed by atoms with Crippen molar-refractivity contribution in [2.24, 2.45) is 0 Å². The highest BCUT2D eigenvalue weighted by Crippen LogP contribution is 2.30. The second-order valence-corrected chi connectivity index (χ2v) is 6.66. The number of ketones is 1. The van der Waals surface area contributed by atoms with Crippen LogP contribution >= 0.6 is 0 Å². The van der Waals surface area contributed by atoms with Gasteiger partial charge in [0, 0.05) is 24.0 Å². The van der Waals surface area contributed by atoms with E-state index in [1.54, 1.807) is 6.92 Å². The number of rotatable bonds is 3. The highest BCUT2D eigenvalue weighted by Gasteiger charge is 2.17. The van der Waals surface area contributed by atoms with Crippen molar-refractivity contribution in [1.29, 1.82) is 0 Å². The number of anilines is 1. The standard InChI is InChI=1S/C21H21N3O/c1-14(25)16-6-5-7-17(12-16)18-8-9-19-20(13-18)22-15(2)23-21(19)24-10-3-4-11-24/h5-9,12-13H,3-4,10-11H2,1-2H3. The Morgan fingerprint density at radius 3 is 2.52 bits per heavy atom. The van der Waals surface area contributed by atoms with Gasteiger partial charge in [0.25, 0.3) is 0 Å². The van der Waals surface area contributed by atoms with E-state index < -0.39 is 0 Å². The molecule has 4 rings (SSSR count). The van der Waals surface area contributed by atoms with Crippen LogP contribution in [0.4, 0.5) is 5.82 Å². The van der Waals surface area contributed by atoms with Gasteiger partial charge in [-0.1, -0.05) is 24.3 Å². The van der Waals surface area contributed by atoms with Crippen molar-refractivity contribution in [3.8, 4) is 11.1 Å². The van der Waals surface area contributed by atoms with Gasteiger partial charge in [-0.05, 0) is 56.0 Å². The van der Waals surface area contributed by atoms with Crippen molar-refractivity contribution in [2.45, 2.75) is 26.7 Å². The molecule has 0 unspecified atom stereocenters. The summed E-state index contributed by atoms with van der Waals surface area (Å²) in [4.78, 5) is 23.3. The lowest BCUT2D eigenvalue weighted by atomic mass is 10.0. The third-order valence-corrected chi connectivity index (χ3v) is 4.80. The number of aromatic nitrogens is 2. The number of nitrogens with zero attached hydrogens (tertiary/aromatic N) is 3. The van der Waals surface area contributed by atoms with Gasteiger partial charge < -0.3 is 4.90 Å². The zero-order chi connectivity index (χ0) is 17.4. The predicted molar refractivity (Wildman–Crippen MR) is 101 cm³/mol. The van der Waals surface area contributed by atoms with Crippen LogP contribution in [0.15, 0.2) is 42.5 Å². The van der Waals surface area contributed by atoms with Crippen LogP contribution in [0.1, 0.15) is 35.9 Å². The molecule has 0 N–H and O–H groups in total. The van der Waals surface area contributed by atoms with E-state index in [0.717, 1.165) is 52.3 Å². The molecule has 126 valence electrons. The van der Waals surface area contributed by atoms with Gasteiger partial charge in [-0.15, -0.1) is 0 Å². The molecule has 0 bridgehead atoms. The number of hydrogen-bond donors (Lipinski definition) is 0. The minimum absolute atomic E-state index is 0.0807. The number of carbonyl (C=O) groups excluding carboxylic acids is 1. The molecule has 3 aromatic rings. The Morgan fingerprint density at radius 1 is 1.00 bits per heavy atom. The maximum absolute atomic E-state index is 11.7. The molecule has 1 aliphatic rings. The molecule has 0 spiro atoms. The van der Waals surface area contributed by atoms with Gasteiger partial charge in [-0.25, -0.2) is 9.97 Å². The van der Waals surface area contributed by atoms with Crippen molar-refractivity contribution in [1.82, 2.24) is 9.97 Å². The summed E-state index contributed by atoms with van der Waals surface area (Å²) < 4.78 is 0. The highest BCUT2D eigenvalue weighted by atomic mass is 16.1. The fourth-order valence-corrected chi connectivity index (χ4v) is 3.49. The van der Waals surface area contributed by atoms with E-state index in [-0.39, 0.29) is 5.78 Å². The first-order valence-corrected chi connectivity index (χ1v) is 8.76. The summed E-state index contributed by atoms with van der Waals surface area (Å²) in [6.45, 7) is 5.67. The fraction of sp³-hybridized carbons (Fsp3) is 0.286. The average molecular weight is 331 g/mol. The number of benzene rings is 2. The Hall–Kier alpha value is -2.75. The quantitative estimate of drug-likeness (QED) is 0.667. The zero-order valence-corrected chi connectivity index (χ0v) is 14.6. The summed E-state index contributed by atoms with van der Waals surface area (Å²) in [5, 5.41) is 1.10. The van der Waals surface area contributed by atoms with E-state index in [1.165, 1.54) is 12.8 Å². The van der Waals surface area contributed by atoms with Crippen molar-refractivity contribution < 1.29 is 4.79 Å². The molecular formula is C21H21N3O. The predicted octanol–water partition coefficient (Wildman–Crippen LogP) is 4.41. The molecule has 0 aliphatic carbocycles. The van der Waals surface area contributed by atoms with Crippen LogP contribution < -0.4 is 4.90 Å². The Kier molecular flexibility index (Phi) is 3.96. The van der Waals surface area contributed by atoms with Crippen LogP contribution in [0.25, 0.3) is 22.0 Å². The van der Waals surface area contributed by atoms with Gasteiger partial charge in [0.05, 0.1) is 5.52 Å². The summed E-state index contributed by atoms with van der Waals surface area (Å²) in [5.74, 6) is 1.92. The van der Waals surface area contributed by atoms with E-state index in [4.69, 9.17) is 4.98 Å². The molecule has 2 heterocycles. The van der Waals surface area contributed by atoms with Crippen LogP contribution in [0.2, 0.25) is 0 Å². The van der Waals surface area contributed by atoms with Crippen LogP contribution in [0.3, 0.4) is 0 Å². The summed E-state index contributed by atoms with van der Waals surface area (Å²) in [5.41, 5.74) is 3.80. The Labute approximate surface area is 147 Å². The van der Waals surface area contributed by atoms with Gasteiger partial charge in [0.15, 0.2) is 5.78 Å². The second kappa shape index (κ2) is 6.28. The van der Waals surface area contributed by atoms with Crippen LogP contribution in [0.5, 0.6) is 0 Å². The van der Waals surface area contributed by atoms with E-state index in [0.29, 0.717) is 0 Å². The minimum Gasteiger partial charge on any atom is -0.356 e. The topological polar surface area (TPSA) is 46.1 Å². The van der Waals surface area contributed by atoms with Crippen molar-refractivity contribution in [3.05, 3.63) is 53.9 Å². The molecule has 0 radical (unpaired) electrons. The molecule has 1 fully saturated rings. The number of fused-ring (bicyclic) bond motifs is 1. The van der Waals surface area contributed by atoms with Crippen molar-refractivity contribution >= 4 is 22.5 Å². The molecule has 0 saturated carbocycles. The normalized spacial score (nSPS) is 14.2. The first-order chi connectivity index (χ1) is 12.1. The van der Waals surface area contributed by atoms with Gasteiger partial charge >= 0.3 is 0 Å². The number of hydrogen-bond acceptors (Lipinski definition) is 4. The average Bonchev–Trinajstić information content (AvgIpc) is 3.15. The fourth-order valence-electron chi connectivity index (χ4n) is 3.49. The second-order valence-electron chi connectivity index (χ2n) is 6.66. The molecule has 1 saturated heterocycles. The maximum Gasteiger partial charge on any atom is 0.159 e. The first kappa shape index (κ1) is 15.8. The monoisotopic (exact) mass is 331 g/mol. The van der Waals surface area contributed by atoms with Gasteiger partial charge in [0.2, 0.25) is 0 Å².